The predicted octanol–water partition coefficient (Wildman–Crippen LogP) is 2.26. The van der Waals surface area contributed by atoms with Crippen molar-refractivity contribution in [2.24, 2.45) is 0 Å². The zero-order chi connectivity index (χ0) is 17.9. The topological polar surface area (TPSA) is 67.4 Å². The summed E-state index contributed by atoms with van der Waals surface area (Å²) in [6, 6.07) is 12.6. The number of hydrogen-bond acceptors (Lipinski definition) is 5. The molecule has 26 heavy (non-hydrogen) atoms. The van der Waals surface area contributed by atoms with Crippen molar-refractivity contribution in [3.8, 4) is 0 Å². The van der Waals surface area contributed by atoms with Crippen molar-refractivity contribution in [2.75, 3.05) is 18.0 Å². The number of aromatic nitrogens is 2. The average molecular weight is 352 g/mol. The standard InChI is InChI=1S/C20H24N4O2/c1-14(25)23-17-7-16(8-17)19-9-20(22-13-21-19)24-10-18(11-24)26-12-15-5-3-2-4-6-15/h2-6,9,13,16-18H,7-8,10-12H2,1H3,(H,23,25). The van der Waals surface area contributed by atoms with Crippen LogP contribution in [0.5, 0.6) is 0 Å². The largest absolute Gasteiger partial charge is 0.370 e. The molecule has 136 valence electrons. The second-order valence-corrected chi connectivity index (χ2v) is 7.19. The Morgan fingerprint density at radius 2 is 2.00 bits per heavy atom. The molecule has 6 nitrogen and oxygen atoms in total. The summed E-state index contributed by atoms with van der Waals surface area (Å²) in [5.74, 6) is 1.43. The lowest BCUT2D eigenvalue weighted by atomic mass is 9.78. The molecule has 1 aliphatic carbocycles. The first-order valence-electron chi connectivity index (χ1n) is 9.17. The van der Waals surface area contributed by atoms with Crippen LogP contribution in [0, 0.1) is 0 Å². The number of ether oxygens (including phenoxy) is 1. The smallest absolute Gasteiger partial charge is 0.217 e. The number of nitrogens with one attached hydrogen (secondary N) is 1. The number of nitrogens with zero attached hydrogens (tertiary/aromatic N) is 3. The Morgan fingerprint density at radius 1 is 1.23 bits per heavy atom. The number of benzene rings is 1. The van der Waals surface area contributed by atoms with Gasteiger partial charge in [-0.15, -0.1) is 0 Å². The molecule has 1 aromatic carbocycles. The van der Waals surface area contributed by atoms with E-state index in [1.165, 1.54) is 5.56 Å². The molecule has 2 fully saturated rings. The maximum Gasteiger partial charge on any atom is 0.217 e. The second-order valence-electron chi connectivity index (χ2n) is 7.19. The Bertz CT molecular complexity index is 755. The van der Waals surface area contributed by atoms with Gasteiger partial charge in [0.25, 0.3) is 0 Å². The minimum atomic E-state index is 0.0407. The van der Waals surface area contributed by atoms with Gasteiger partial charge in [0.2, 0.25) is 5.91 Å². The van der Waals surface area contributed by atoms with E-state index in [4.69, 9.17) is 4.74 Å². The molecule has 1 N–H and O–H groups in total. The number of rotatable bonds is 6. The highest BCUT2D eigenvalue weighted by Gasteiger charge is 2.33. The molecule has 1 aromatic heterocycles. The minimum absolute atomic E-state index is 0.0407. The van der Waals surface area contributed by atoms with Crippen molar-refractivity contribution in [3.63, 3.8) is 0 Å². The Labute approximate surface area is 153 Å². The van der Waals surface area contributed by atoms with Crippen LogP contribution in [0.4, 0.5) is 5.82 Å². The van der Waals surface area contributed by atoms with Crippen LogP contribution in [0.3, 0.4) is 0 Å². The SMILES string of the molecule is CC(=O)NC1CC(c2cc(N3CC(OCc4ccccc4)C3)ncn2)C1. The summed E-state index contributed by atoms with van der Waals surface area (Å²) in [6.07, 6.45) is 3.81. The van der Waals surface area contributed by atoms with Crippen molar-refractivity contribution >= 4 is 11.7 Å². The van der Waals surface area contributed by atoms with Gasteiger partial charge in [-0.25, -0.2) is 9.97 Å². The van der Waals surface area contributed by atoms with Crippen LogP contribution >= 0.6 is 0 Å². The summed E-state index contributed by atoms with van der Waals surface area (Å²) < 4.78 is 5.95. The lowest BCUT2D eigenvalue weighted by Crippen LogP contribution is -2.52. The molecule has 1 saturated heterocycles. The monoisotopic (exact) mass is 352 g/mol. The quantitative estimate of drug-likeness (QED) is 0.864. The number of carbonyl (C=O) groups excluding carboxylic acids is 1. The summed E-state index contributed by atoms with van der Waals surface area (Å²) in [5.41, 5.74) is 2.28. The van der Waals surface area contributed by atoms with Crippen LogP contribution in [0.1, 0.15) is 36.9 Å². The Hall–Kier alpha value is -2.47. The molecule has 1 amide bonds. The highest BCUT2D eigenvalue weighted by molar-refractivity contribution is 5.73. The maximum absolute atomic E-state index is 11.1. The summed E-state index contributed by atoms with van der Waals surface area (Å²) in [6.45, 7) is 3.95. The zero-order valence-electron chi connectivity index (χ0n) is 15.0. The van der Waals surface area contributed by atoms with Gasteiger partial charge in [0, 0.05) is 43.7 Å². The Kier molecular flexibility index (Phi) is 4.84. The lowest BCUT2D eigenvalue weighted by Gasteiger charge is -2.40. The van der Waals surface area contributed by atoms with Gasteiger partial charge in [0.15, 0.2) is 0 Å². The molecule has 2 heterocycles. The van der Waals surface area contributed by atoms with E-state index in [-0.39, 0.29) is 18.1 Å². The first-order chi connectivity index (χ1) is 12.7. The van der Waals surface area contributed by atoms with Gasteiger partial charge in [-0.05, 0) is 18.4 Å². The van der Waals surface area contributed by atoms with E-state index >= 15 is 0 Å². The second kappa shape index (κ2) is 7.41. The molecule has 0 radical (unpaired) electrons. The van der Waals surface area contributed by atoms with Gasteiger partial charge in [0.05, 0.1) is 12.7 Å². The highest BCUT2D eigenvalue weighted by Crippen LogP contribution is 2.37. The molecule has 4 rings (SSSR count). The minimum Gasteiger partial charge on any atom is -0.370 e. The normalized spacial score (nSPS) is 22.4. The van der Waals surface area contributed by atoms with Crippen LogP contribution in [0.15, 0.2) is 42.7 Å². The molecule has 6 heteroatoms. The molecule has 2 aromatic rings. The van der Waals surface area contributed by atoms with Crippen molar-refractivity contribution in [3.05, 3.63) is 54.0 Å². The van der Waals surface area contributed by atoms with Gasteiger partial charge >= 0.3 is 0 Å². The molecular formula is C20H24N4O2. The van der Waals surface area contributed by atoms with E-state index in [0.29, 0.717) is 12.5 Å². The number of anilines is 1. The van der Waals surface area contributed by atoms with Crippen LogP contribution in [-0.2, 0) is 16.1 Å². The molecule has 0 unspecified atom stereocenters. The maximum atomic E-state index is 11.1. The van der Waals surface area contributed by atoms with E-state index in [1.807, 2.05) is 18.2 Å². The Balaban J connectivity index is 1.26. The highest BCUT2D eigenvalue weighted by atomic mass is 16.5. The van der Waals surface area contributed by atoms with Gasteiger partial charge in [-0.2, -0.15) is 0 Å². The van der Waals surface area contributed by atoms with Crippen molar-refractivity contribution in [1.29, 1.82) is 0 Å². The van der Waals surface area contributed by atoms with Crippen molar-refractivity contribution in [2.45, 2.75) is 44.4 Å². The van der Waals surface area contributed by atoms with Gasteiger partial charge in [-0.3, -0.25) is 4.79 Å². The molecule has 1 saturated carbocycles. The zero-order valence-corrected chi connectivity index (χ0v) is 15.0. The van der Waals surface area contributed by atoms with E-state index in [2.05, 4.69) is 38.4 Å². The molecule has 0 bridgehead atoms. The predicted molar refractivity (Wildman–Crippen MR) is 98.8 cm³/mol. The van der Waals surface area contributed by atoms with E-state index in [0.717, 1.165) is 37.4 Å². The summed E-state index contributed by atoms with van der Waals surface area (Å²) in [5, 5.41) is 2.96. The first kappa shape index (κ1) is 17.0. The fourth-order valence-corrected chi connectivity index (χ4v) is 3.54. The van der Waals surface area contributed by atoms with Crippen LogP contribution in [0.2, 0.25) is 0 Å². The van der Waals surface area contributed by atoms with Crippen molar-refractivity contribution < 1.29 is 9.53 Å². The molecule has 0 spiro atoms. The third-order valence-corrected chi connectivity index (χ3v) is 5.14. The van der Waals surface area contributed by atoms with Crippen molar-refractivity contribution in [1.82, 2.24) is 15.3 Å². The van der Waals surface area contributed by atoms with Gasteiger partial charge in [0.1, 0.15) is 12.1 Å². The van der Waals surface area contributed by atoms with Gasteiger partial charge < -0.3 is 15.0 Å². The molecule has 2 aliphatic rings. The third-order valence-electron chi connectivity index (χ3n) is 5.14. The third kappa shape index (κ3) is 3.85. The van der Waals surface area contributed by atoms with Crippen LogP contribution in [-0.4, -0.2) is 41.1 Å². The molecule has 1 aliphatic heterocycles. The van der Waals surface area contributed by atoms with E-state index in [9.17, 15) is 4.79 Å². The van der Waals surface area contributed by atoms with Crippen LogP contribution in [0.25, 0.3) is 0 Å². The number of amides is 1. The summed E-state index contributed by atoms with van der Waals surface area (Å²) in [4.78, 5) is 22.2. The molecule has 0 atom stereocenters. The Morgan fingerprint density at radius 3 is 2.73 bits per heavy atom. The van der Waals surface area contributed by atoms with Gasteiger partial charge in [-0.1, -0.05) is 30.3 Å². The summed E-state index contributed by atoms with van der Waals surface area (Å²) >= 11 is 0. The van der Waals surface area contributed by atoms with E-state index in [1.54, 1.807) is 13.3 Å². The fraction of sp³-hybridized carbons (Fsp3) is 0.450. The van der Waals surface area contributed by atoms with Crippen LogP contribution < -0.4 is 10.2 Å². The average Bonchev–Trinajstić information content (AvgIpc) is 2.57. The molecular weight excluding hydrogens is 328 g/mol. The lowest BCUT2D eigenvalue weighted by molar-refractivity contribution is -0.120. The fourth-order valence-electron chi connectivity index (χ4n) is 3.54. The number of carbonyl (C=O) groups is 1. The first-order valence-corrected chi connectivity index (χ1v) is 9.17. The van der Waals surface area contributed by atoms with E-state index < -0.39 is 0 Å². The summed E-state index contributed by atoms with van der Waals surface area (Å²) in [7, 11) is 0. The number of hydrogen-bond donors (Lipinski definition) is 1.